The van der Waals surface area contributed by atoms with Crippen LogP contribution in [0.3, 0.4) is 0 Å². The van der Waals surface area contributed by atoms with Gasteiger partial charge in [-0.15, -0.1) is 0 Å². The number of aromatic nitrogens is 2. The van der Waals surface area contributed by atoms with Crippen LogP contribution >= 0.6 is 0 Å². The van der Waals surface area contributed by atoms with Gasteiger partial charge < -0.3 is 14.5 Å². The summed E-state index contributed by atoms with van der Waals surface area (Å²) in [5, 5.41) is 0. The maximum atomic E-state index is 13.6. The zero-order valence-electron chi connectivity index (χ0n) is 14.4. The standard InChI is InChI=1S/C18H19FN4O3/c1-26-16-4-3-13(19)11-14(16)17(24)22-7-2-8-23(10-9-22)18(25)15-12-20-5-6-21-15/h3-6,11-12H,2,7-10H2,1H3. The molecule has 0 N–H and O–H groups in total. The third kappa shape index (κ3) is 3.79. The van der Waals surface area contributed by atoms with Gasteiger partial charge in [0.2, 0.25) is 0 Å². The fraction of sp³-hybridized carbons (Fsp3) is 0.333. The van der Waals surface area contributed by atoms with Gasteiger partial charge in [-0.3, -0.25) is 14.6 Å². The second-order valence-corrected chi connectivity index (χ2v) is 5.87. The maximum absolute atomic E-state index is 13.6. The Kier molecular flexibility index (Phi) is 5.40. The molecule has 1 aromatic carbocycles. The SMILES string of the molecule is COc1ccc(F)cc1C(=O)N1CCCN(C(=O)c2cnccn2)CC1. The van der Waals surface area contributed by atoms with Crippen molar-refractivity contribution in [2.45, 2.75) is 6.42 Å². The largest absolute Gasteiger partial charge is 0.496 e. The Morgan fingerprint density at radius 3 is 2.46 bits per heavy atom. The molecule has 26 heavy (non-hydrogen) atoms. The number of halogens is 1. The van der Waals surface area contributed by atoms with Crippen molar-refractivity contribution in [1.29, 1.82) is 0 Å². The second-order valence-electron chi connectivity index (χ2n) is 5.87. The first kappa shape index (κ1) is 17.8. The van der Waals surface area contributed by atoms with Crippen molar-refractivity contribution in [2.75, 3.05) is 33.3 Å². The van der Waals surface area contributed by atoms with E-state index in [1.165, 1.54) is 43.9 Å². The summed E-state index contributed by atoms with van der Waals surface area (Å²) in [5.74, 6) is -0.692. The van der Waals surface area contributed by atoms with Crippen molar-refractivity contribution in [3.05, 3.63) is 53.9 Å². The highest BCUT2D eigenvalue weighted by atomic mass is 19.1. The summed E-state index contributed by atoms with van der Waals surface area (Å²) in [6.07, 6.45) is 5.02. The number of methoxy groups -OCH3 is 1. The molecule has 2 amide bonds. The van der Waals surface area contributed by atoms with Crippen LogP contribution in [-0.4, -0.2) is 64.9 Å². The predicted octanol–water partition coefficient (Wildman–Crippen LogP) is 1.61. The van der Waals surface area contributed by atoms with Gasteiger partial charge in [0.15, 0.2) is 0 Å². The van der Waals surface area contributed by atoms with E-state index in [0.717, 1.165) is 0 Å². The average Bonchev–Trinajstić information content (AvgIpc) is 2.93. The molecular formula is C18H19FN4O3. The van der Waals surface area contributed by atoms with Crippen LogP contribution in [0.15, 0.2) is 36.8 Å². The zero-order chi connectivity index (χ0) is 18.5. The number of hydrogen-bond acceptors (Lipinski definition) is 5. The molecular weight excluding hydrogens is 339 g/mol. The molecule has 8 heteroatoms. The van der Waals surface area contributed by atoms with E-state index in [2.05, 4.69) is 9.97 Å². The fourth-order valence-corrected chi connectivity index (χ4v) is 2.91. The fourth-order valence-electron chi connectivity index (χ4n) is 2.91. The number of carbonyl (C=O) groups excluding carboxylic acids is 2. The number of hydrogen-bond donors (Lipinski definition) is 0. The van der Waals surface area contributed by atoms with Gasteiger partial charge in [-0.05, 0) is 24.6 Å². The van der Waals surface area contributed by atoms with E-state index in [-0.39, 0.29) is 23.1 Å². The van der Waals surface area contributed by atoms with Gasteiger partial charge >= 0.3 is 0 Å². The van der Waals surface area contributed by atoms with Crippen molar-refractivity contribution in [2.24, 2.45) is 0 Å². The van der Waals surface area contributed by atoms with E-state index < -0.39 is 5.82 Å². The average molecular weight is 358 g/mol. The minimum atomic E-state index is -0.497. The quantitative estimate of drug-likeness (QED) is 0.833. The minimum absolute atomic E-state index is 0.182. The van der Waals surface area contributed by atoms with E-state index in [1.54, 1.807) is 9.80 Å². The number of nitrogens with zero attached hydrogens (tertiary/aromatic N) is 4. The van der Waals surface area contributed by atoms with Crippen molar-refractivity contribution >= 4 is 11.8 Å². The number of carbonyl (C=O) groups is 2. The van der Waals surface area contributed by atoms with Crippen LogP contribution in [0, 0.1) is 5.82 Å². The number of ether oxygens (including phenoxy) is 1. The lowest BCUT2D eigenvalue weighted by Crippen LogP contribution is -2.37. The summed E-state index contributed by atoms with van der Waals surface area (Å²) in [4.78, 5) is 36.5. The number of benzene rings is 1. The molecule has 1 aromatic heterocycles. The van der Waals surface area contributed by atoms with Crippen LogP contribution < -0.4 is 4.74 Å². The Bertz CT molecular complexity index is 800. The van der Waals surface area contributed by atoms with Gasteiger partial charge in [0.05, 0.1) is 18.9 Å². The van der Waals surface area contributed by atoms with Crippen LogP contribution in [-0.2, 0) is 0 Å². The van der Waals surface area contributed by atoms with E-state index in [9.17, 15) is 14.0 Å². The summed E-state index contributed by atoms with van der Waals surface area (Å²) in [6, 6.07) is 3.86. The second kappa shape index (κ2) is 7.90. The van der Waals surface area contributed by atoms with Crippen LogP contribution in [0.4, 0.5) is 4.39 Å². The number of rotatable bonds is 3. The summed E-state index contributed by atoms with van der Waals surface area (Å²) in [6.45, 7) is 1.71. The van der Waals surface area contributed by atoms with Gasteiger partial charge in [0, 0.05) is 38.6 Å². The molecule has 0 bridgehead atoms. The van der Waals surface area contributed by atoms with Crippen molar-refractivity contribution in [1.82, 2.24) is 19.8 Å². The van der Waals surface area contributed by atoms with Gasteiger partial charge in [-0.1, -0.05) is 0 Å². The minimum Gasteiger partial charge on any atom is -0.496 e. The lowest BCUT2D eigenvalue weighted by molar-refractivity contribution is 0.0713. The van der Waals surface area contributed by atoms with E-state index in [0.29, 0.717) is 38.3 Å². The molecule has 3 rings (SSSR count). The molecule has 0 atom stereocenters. The zero-order valence-corrected chi connectivity index (χ0v) is 14.4. The molecule has 0 radical (unpaired) electrons. The Hall–Kier alpha value is -3.03. The van der Waals surface area contributed by atoms with Crippen molar-refractivity contribution in [3.8, 4) is 5.75 Å². The molecule has 0 saturated carbocycles. The Labute approximate surface area is 150 Å². The molecule has 2 heterocycles. The normalized spacial score (nSPS) is 14.7. The van der Waals surface area contributed by atoms with Crippen LogP contribution in [0.2, 0.25) is 0 Å². The monoisotopic (exact) mass is 358 g/mol. The van der Waals surface area contributed by atoms with Crippen molar-refractivity contribution < 1.29 is 18.7 Å². The number of amides is 2. The first-order valence-electron chi connectivity index (χ1n) is 8.28. The molecule has 1 aliphatic rings. The molecule has 0 spiro atoms. The Morgan fingerprint density at radius 2 is 1.81 bits per heavy atom. The predicted molar refractivity (Wildman–Crippen MR) is 91.4 cm³/mol. The highest BCUT2D eigenvalue weighted by Gasteiger charge is 2.26. The lowest BCUT2D eigenvalue weighted by Gasteiger charge is -2.22. The Morgan fingerprint density at radius 1 is 1.08 bits per heavy atom. The highest BCUT2D eigenvalue weighted by Crippen LogP contribution is 2.22. The van der Waals surface area contributed by atoms with Gasteiger partial charge in [0.1, 0.15) is 17.3 Å². The molecule has 0 aliphatic carbocycles. The molecule has 136 valence electrons. The van der Waals surface area contributed by atoms with Crippen LogP contribution in [0.5, 0.6) is 5.75 Å². The molecule has 2 aromatic rings. The summed E-state index contributed by atoms with van der Waals surface area (Å²) < 4.78 is 18.7. The summed E-state index contributed by atoms with van der Waals surface area (Å²) in [7, 11) is 1.44. The summed E-state index contributed by atoms with van der Waals surface area (Å²) >= 11 is 0. The van der Waals surface area contributed by atoms with Gasteiger partial charge in [-0.25, -0.2) is 9.37 Å². The van der Waals surface area contributed by atoms with Gasteiger partial charge in [0.25, 0.3) is 11.8 Å². The Balaban J connectivity index is 1.72. The van der Waals surface area contributed by atoms with Crippen LogP contribution in [0.1, 0.15) is 27.3 Å². The molecule has 0 unspecified atom stereocenters. The maximum Gasteiger partial charge on any atom is 0.274 e. The van der Waals surface area contributed by atoms with E-state index in [1.807, 2.05) is 0 Å². The summed E-state index contributed by atoms with van der Waals surface area (Å²) in [5.41, 5.74) is 0.459. The van der Waals surface area contributed by atoms with Gasteiger partial charge in [-0.2, -0.15) is 0 Å². The molecule has 7 nitrogen and oxygen atoms in total. The smallest absolute Gasteiger partial charge is 0.274 e. The first-order chi connectivity index (χ1) is 12.6. The van der Waals surface area contributed by atoms with Crippen LogP contribution in [0.25, 0.3) is 0 Å². The first-order valence-corrected chi connectivity index (χ1v) is 8.28. The molecule has 1 aliphatic heterocycles. The lowest BCUT2D eigenvalue weighted by atomic mass is 10.1. The van der Waals surface area contributed by atoms with E-state index in [4.69, 9.17) is 4.74 Å². The molecule has 1 saturated heterocycles. The van der Waals surface area contributed by atoms with E-state index >= 15 is 0 Å². The van der Waals surface area contributed by atoms with Crippen molar-refractivity contribution in [3.63, 3.8) is 0 Å². The molecule has 1 fully saturated rings. The highest BCUT2D eigenvalue weighted by molar-refractivity contribution is 5.97. The third-order valence-corrected chi connectivity index (χ3v) is 4.24. The topological polar surface area (TPSA) is 75.6 Å². The third-order valence-electron chi connectivity index (χ3n) is 4.24.